The van der Waals surface area contributed by atoms with Crippen molar-refractivity contribution < 1.29 is 18.0 Å². The van der Waals surface area contributed by atoms with Crippen molar-refractivity contribution in [3.05, 3.63) is 91.9 Å². The summed E-state index contributed by atoms with van der Waals surface area (Å²) in [5.74, 6) is -1.06. The summed E-state index contributed by atoms with van der Waals surface area (Å²) in [6.07, 6.45) is 0.697. The number of hydrogen-bond acceptors (Lipinski definition) is 4. The lowest BCUT2D eigenvalue weighted by Crippen LogP contribution is -2.51. The van der Waals surface area contributed by atoms with Crippen LogP contribution in [0.5, 0.6) is 0 Å². The number of benzene rings is 3. The van der Waals surface area contributed by atoms with Crippen molar-refractivity contribution >= 4 is 73.9 Å². The molecule has 0 unspecified atom stereocenters. The van der Waals surface area contributed by atoms with Gasteiger partial charge in [0.1, 0.15) is 12.6 Å². The lowest BCUT2D eigenvalue weighted by Gasteiger charge is -2.32. The van der Waals surface area contributed by atoms with Crippen molar-refractivity contribution in [2.24, 2.45) is 0 Å². The Balaban J connectivity index is 2.08. The molecule has 0 heterocycles. The largest absolute Gasteiger partial charge is 0.354 e. The number of rotatable bonds is 11. The van der Waals surface area contributed by atoms with E-state index in [1.165, 1.54) is 35.2 Å². The lowest BCUT2D eigenvalue weighted by atomic mass is 10.1. The van der Waals surface area contributed by atoms with Gasteiger partial charge in [0.2, 0.25) is 11.8 Å². The van der Waals surface area contributed by atoms with E-state index in [1.54, 1.807) is 37.3 Å². The standard InChI is InChI=1S/C28H29Cl4N3O4S/c1-4-14-33-28(37)19(3)34(16-22-23(29)6-5-7-24(22)30)27(36)17-35(20-10-13-25(31)26(32)15-20)40(38,39)21-11-8-18(2)9-12-21/h5-13,15,19H,4,14,16-17H2,1-3H3,(H,33,37)/t19-/m0/s1. The first-order valence-corrected chi connectivity index (χ1v) is 15.4. The molecular formula is C28H29Cl4N3O4S. The summed E-state index contributed by atoms with van der Waals surface area (Å²) in [7, 11) is -4.25. The van der Waals surface area contributed by atoms with Crippen LogP contribution in [-0.2, 0) is 26.2 Å². The minimum Gasteiger partial charge on any atom is -0.354 e. The Morgan fingerprint density at radius 2 is 1.52 bits per heavy atom. The van der Waals surface area contributed by atoms with Crippen molar-refractivity contribution in [3.8, 4) is 0 Å². The second kappa shape index (κ2) is 13.9. The molecule has 3 aromatic carbocycles. The van der Waals surface area contributed by atoms with Crippen molar-refractivity contribution in [1.29, 1.82) is 0 Å². The van der Waals surface area contributed by atoms with Crippen molar-refractivity contribution in [3.63, 3.8) is 0 Å². The van der Waals surface area contributed by atoms with Crippen LogP contribution in [0.3, 0.4) is 0 Å². The summed E-state index contributed by atoms with van der Waals surface area (Å²) in [6, 6.07) is 14.5. The summed E-state index contributed by atoms with van der Waals surface area (Å²) in [5.41, 5.74) is 1.42. The van der Waals surface area contributed by atoms with Gasteiger partial charge in [-0.15, -0.1) is 0 Å². The maximum atomic E-state index is 14.0. The Morgan fingerprint density at radius 1 is 0.900 bits per heavy atom. The molecular weight excluding hydrogens is 616 g/mol. The van der Waals surface area contributed by atoms with Gasteiger partial charge in [-0.3, -0.25) is 13.9 Å². The molecule has 3 aromatic rings. The van der Waals surface area contributed by atoms with Crippen LogP contribution in [0.4, 0.5) is 5.69 Å². The predicted molar refractivity (Wildman–Crippen MR) is 162 cm³/mol. The van der Waals surface area contributed by atoms with Crippen LogP contribution in [0, 0.1) is 6.92 Å². The van der Waals surface area contributed by atoms with Gasteiger partial charge in [-0.1, -0.05) is 77.1 Å². The molecule has 0 saturated heterocycles. The van der Waals surface area contributed by atoms with Gasteiger partial charge in [0.25, 0.3) is 10.0 Å². The molecule has 0 spiro atoms. The zero-order valence-electron chi connectivity index (χ0n) is 22.1. The Hall–Kier alpha value is -2.49. The summed E-state index contributed by atoms with van der Waals surface area (Å²) < 4.78 is 28.7. The van der Waals surface area contributed by atoms with Gasteiger partial charge in [0.05, 0.1) is 20.6 Å². The SMILES string of the molecule is CCCNC(=O)[C@H](C)N(Cc1c(Cl)cccc1Cl)C(=O)CN(c1ccc(Cl)c(Cl)c1)S(=O)(=O)c1ccc(C)cc1. The van der Waals surface area contributed by atoms with Crippen LogP contribution >= 0.6 is 46.4 Å². The smallest absolute Gasteiger partial charge is 0.264 e. The fraction of sp³-hybridized carbons (Fsp3) is 0.286. The van der Waals surface area contributed by atoms with E-state index in [1.807, 2.05) is 13.8 Å². The second-order valence-electron chi connectivity index (χ2n) is 9.11. The topological polar surface area (TPSA) is 86.8 Å². The van der Waals surface area contributed by atoms with E-state index in [0.717, 1.165) is 9.87 Å². The second-order valence-corrected chi connectivity index (χ2v) is 12.6. The highest BCUT2D eigenvalue weighted by molar-refractivity contribution is 7.92. The van der Waals surface area contributed by atoms with Gasteiger partial charge in [0, 0.05) is 28.7 Å². The monoisotopic (exact) mass is 643 g/mol. The Bertz CT molecular complexity index is 1460. The maximum absolute atomic E-state index is 14.0. The number of anilines is 1. The number of hydrogen-bond donors (Lipinski definition) is 1. The zero-order valence-corrected chi connectivity index (χ0v) is 26.0. The molecule has 0 saturated carbocycles. The molecule has 0 fully saturated rings. The average Bonchev–Trinajstić information content (AvgIpc) is 2.91. The molecule has 0 aliphatic heterocycles. The third-order valence-electron chi connectivity index (χ3n) is 6.19. The fourth-order valence-electron chi connectivity index (χ4n) is 3.84. The quantitative estimate of drug-likeness (QED) is 0.250. The van der Waals surface area contributed by atoms with Crippen LogP contribution in [0.25, 0.3) is 0 Å². The van der Waals surface area contributed by atoms with Crippen LogP contribution in [-0.4, -0.2) is 44.3 Å². The molecule has 40 heavy (non-hydrogen) atoms. The predicted octanol–water partition coefficient (Wildman–Crippen LogP) is 6.75. The van der Waals surface area contributed by atoms with Crippen molar-refractivity contribution in [2.45, 2.75) is 44.7 Å². The molecule has 1 atom stereocenters. The van der Waals surface area contributed by atoms with Crippen LogP contribution in [0.1, 0.15) is 31.4 Å². The first kappa shape index (κ1) is 32.0. The highest BCUT2D eigenvalue weighted by Gasteiger charge is 2.33. The normalized spacial score (nSPS) is 12.1. The highest BCUT2D eigenvalue weighted by atomic mass is 35.5. The number of carbonyl (C=O) groups is 2. The van der Waals surface area contributed by atoms with E-state index in [-0.39, 0.29) is 27.2 Å². The molecule has 0 bridgehead atoms. The molecule has 0 aliphatic rings. The molecule has 0 aliphatic carbocycles. The number of halogens is 4. The van der Waals surface area contributed by atoms with Crippen LogP contribution in [0.15, 0.2) is 65.6 Å². The minimum absolute atomic E-state index is 0.0218. The minimum atomic E-state index is -4.25. The Morgan fingerprint density at radius 3 is 2.10 bits per heavy atom. The summed E-state index contributed by atoms with van der Waals surface area (Å²) in [4.78, 5) is 28.1. The van der Waals surface area contributed by atoms with E-state index in [9.17, 15) is 18.0 Å². The van der Waals surface area contributed by atoms with E-state index < -0.39 is 34.4 Å². The molecule has 214 valence electrons. The summed E-state index contributed by atoms with van der Waals surface area (Å²) in [6.45, 7) is 4.95. The van der Waals surface area contributed by atoms with Gasteiger partial charge < -0.3 is 10.2 Å². The molecule has 7 nitrogen and oxygen atoms in total. The average molecular weight is 645 g/mol. The van der Waals surface area contributed by atoms with Gasteiger partial charge in [-0.05, 0) is 62.7 Å². The first-order valence-electron chi connectivity index (χ1n) is 12.4. The first-order chi connectivity index (χ1) is 18.9. The highest BCUT2D eigenvalue weighted by Crippen LogP contribution is 2.32. The van der Waals surface area contributed by atoms with Gasteiger partial charge >= 0.3 is 0 Å². The van der Waals surface area contributed by atoms with Gasteiger partial charge in [-0.2, -0.15) is 0 Å². The third-order valence-corrected chi connectivity index (χ3v) is 9.42. The van der Waals surface area contributed by atoms with Gasteiger partial charge in [0.15, 0.2) is 0 Å². The van der Waals surface area contributed by atoms with Crippen LogP contribution < -0.4 is 9.62 Å². The van der Waals surface area contributed by atoms with Crippen molar-refractivity contribution in [1.82, 2.24) is 10.2 Å². The lowest BCUT2D eigenvalue weighted by molar-refractivity contribution is -0.139. The van der Waals surface area contributed by atoms with E-state index in [2.05, 4.69) is 5.32 Å². The fourth-order valence-corrected chi connectivity index (χ4v) is 6.05. The zero-order chi connectivity index (χ0) is 29.6. The summed E-state index contributed by atoms with van der Waals surface area (Å²) >= 11 is 25.1. The molecule has 0 radical (unpaired) electrons. The van der Waals surface area contributed by atoms with Crippen molar-refractivity contribution in [2.75, 3.05) is 17.4 Å². The van der Waals surface area contributed by atoms with E-state index in [4.69, 9.17) is 46.4 Å². The van der Waals surface area contributed by atoms with E-state index >= 15 is 0 Å². The molecule has 3 rings (SSSR count). The van der Waals surface area contributed by atoms with E-state index in [0.29, 0.717) is 28.6 Å². The third kappa shape index (κ3) is 7.62. The van der Waals surface area contributed by atoms with Gasteiger partial charge in [-0.25, -0.2) is 8.42 Å². The number of sulfonamides is 1. The molecule has 1 N–H and O–H groups in total. The number of nitrogens with one attached hydrogen (secondary N) is 1. The Kier molecular flexibility index (Phi) is 11.1. The number of nitrogens with zero attached hydrogens (tertiary/aromatic N) is 2. The summed E-state index contributed by atoms with van der Waals surface area (Å²) in [5, 5.41) is 3.73. The number of carbonyl (C=O) groups excluding carboxylic acids is 2. The maximum Gasteiger partial charge on any atom is 0.264 e. The number of amides is 2. The van der Waals surface area contributed by atoms with Crippen LogP contribution in [0.2, 0.25) is 20.1 Å². The Labute approximate surface area is 255 Å². The number of aryl methyl sites for hydroxylation is 1. The molecule has 2 amide bonds. The molecule has 0 aromatic heterocycles. The molecule has 12 heteroatoms.